The summed E-state index contributed by atoms with van der Waals surface area (Å²) in [6.45, 7) is 1.02. The van der Waals surface area contributed by atoms with E-state index < -0.39 is 26.0 Å². The van der Waals surface area contributed by atoms with E-state index in [4.69, 9.17) is 0 Å². The first kappa shape index (κ1) is 23.4. The van der Waals surface area contributed by atoms with Crippen LogP contribution in [0.15, 0.2) is 58.3 Å². The molecule has 0 atom stereocenters. The largest absolute Gasteiger partial charge is 0.322 e. The second-order valence-corrected chi connectivity index (χ2v) is 11.7. The van der Waals surface area contributed by atoms with Crippen LogP contribution in [0, 0.1) is 0 Å². The Morgan fingerprint density at radius 1 is 0.871 bits per heavy atom. The Kier molecular flexibility index (Phi) is 7.15. The maximum atomic E-state index is 12.9. The van der Waals surface area contributed by atoms with Crippen LogP contribution in [-0.4, -0.2) is 58.5 Å². The second-order valence-electron chi connectivity index (χ2n) is 7.61. The molecule has 168 valence electrons. The number of sulfonamides is 2. The molecular formula is C21H27N3O5S2. The molecule has 0 radical (unpaired) electrons. The molecule has 1 N–H and O–H groups in total. The second kappa shape index (κ2) is 9.47. The highest BCUT2D eigenvalue weighted by molar-refractivity contribution is 7.89. The first-order valence-electron chi connectivity index (χ1n) is 10.1. The molecule has 10 heteroatoms. The highest BCUT2D eigenvalue weighted by Gasteiger charge is 2.25. The van der Waals surface area contributed by atoms with Gasteiger partial charge in [-0.3, -0.25) is 4.79 Å². The van der Waals surface area contributed by atoms with Gasteiger partial charge in [0.05, 0.1) is 9.79 Å². The summed E-state index contributed by atoms with van der Waals surface area (Å²) in [6.07, 6.45) is 3.76. The van der Waals surface area contributed by atoms with E-state index in [1.54, 1.807) is 12.1 Å². The first-order chi connectivity index (χ1) is 14.6. The Labute approximate surface area is 184 Å². The molecule has 2 aromatic carbocycles. The van der Waals surface area contributed by atoms with E-state index in [1.807, 2.05) is 0 Å². The summed E-state index contributed by atoms with van der Waals surface area (Å²) < 4.78 is 52.9. The van der Waals surface area contributed by atoms with E-state index in [-0.39, 0.29) is 15.4 Å². The SMILES string of the molecule is CN(C)S(=O)(=O)c1cccc(NC(=O)c2ccc(S(=O)(=O)N3CCCCCC3)cc2)c1. The minimum absolute atomic E-state index is 0.0641. The molecule has 0 unspecified atom stereocenters. The molecule has 0 aromatic heterocycles. The van der Waals surface area contributed by atoms with Gasteiger partial charge in [0.15, 0.2) is 0 Å². The lowest BCUT2D eigenvalue weighted by Gasteiger charge is -2.20. The summed E-state index contributed by atoms with van der Waals surface area (Å²) in [4.78, 5) is 12.8. The van der Waals surface area contributed by atoms with Gasteiger partial charge >= 0.3 is 0 Å². The van der Waals surface area contributed by atoms with E-state index in [1.165, 1.54) is 54.8 Å². The van der Waals surface area contributed by atoms with E-state index in [0.29, 0.717) is 18.8 Å². The lowest BCUT2D eigenvalue weighted by molar-refractivity contribution is 0.102. The van der Waals surface area contributed by atoms with Gasteiger partial charge in [0.25, 0.3) is 5.91 Å². The molecule has 2 aromatic rings. The van der Waals surface area contributed by atoms with E-state index in [2.05, 4.69) is 5.32 Å². The average molecular weight is 466 g/mol. The highest BCUT2D eigenvalue weighted by atomic mass is 32.2. The smallest absolute Gasteiger partial charge is 0.255 e. The van der Waals surface area contributed by atoms with Gasteiger partial charge in [-0.25, -0.2) is 21.1 Å². The lowest BCUT2D eigenvalue weighted by atomic mass is 10.2. The summed E-state index contributed by atoms with van der Waals surface area (Å²) >= 11 is 0. The number of hydrogen-bond donors (Lipinski definition) is 1. The molecule has 0 saturated carbocycles. The van der Waals surface area contributed by atoms with Crippen molar-refractivity contribution in [3.63, 3.8) is 0 Å². The van der Waals surface area contributed by atoms with Crippen molar-refractivity contribution in [1.82, 2.24) is 8.61 Å². The fourth-order valence-electron chi connectivity index (χ4n) is 3.36. The van der Waals surface area contributed by atoms with Crippen molar-refractivity contribution in [1.29, 1.82) is 0 Å². The molecule has 1 amide bonds. The Morgan fingerprint density at radius 2 is 1.48 bits per heavy atom. The zero-order valence-corrected chi connectivity index (χ0v) is 19.2. The van der Waals surface area contributed by atoms with Crippen LogP contribution < -0.4 is 5.32 Å². The van der Waals surface area contributed by atoms with E-state index in [9.17, 15) is 21.6 Å². The quantitative estimate of drug-likeness (QED) is 0.706. The maximum Gasteiger partial charge on any atom is 0.255 e. The number of hydrogen-bond acceptors (Lipinski definition) is 5. The van der Waals surface area contributed by atoms with Crippen molar-refractivity contribution in [3.05, 3.63) is 54.1 Å². The third-order valence-corrected chi connectivity index (χ3v) is 8.91. The van der Waals surface area contributed by atoms with Gasteiger partial charge in [0.1, 0.15) is 0 Å². The van der Waals surface area contributed by atoms with Crippen LogP contribution in [0.2, 0.25) is 0 Å². The van der Waals surface area contributed by atoms with Crippen LogP contribution in [0.1, 0.15) is 36.0 Å². The molecule has 1 fully saturated rings. The normalized spacial score (nSPS) is 16.1. The third-order valence-electron chi connectivity index (χ3n) is 5.19. The van der Waals surface area contributed by atoms with Gasteiger partial charge in [0, 0.05) is 38.4 Å². The zero-order chi connectivity index (χ0) is 22.6. The molecule has 0 aliphatic carbocycles. The van der Waals surface area contributed by atoms with Crippen LogP contribution >= 0.6 is 0 Å². The summed E-state index contributed by atoms with van der Waals surface area (Å²) in [6, 6.07) is 11.7. The number of anilines is 1. The summed E-state index contributed by atoms with van der Waals surface area (Å²) in [5.41, 5.74) is 0.602. The topological polar surface area (TPSA) is 104 Å². The molecule has 0 bridgehead atoms. The minimum atomic E-state index is -3.62. The van der Waals surface area contributed by atoms with Gasteiger partial charge < -0.3 is 5.32 Å². The highest BCUT2D eigenvalue weighted by Crippen LogP contribution is 2.22. The predicted molar refractivity (Wildman–Crippen MR) is 119 cm³/mol. The Hall–Kier alpha value is -2.27. The zero-order valence-electron chi connectivity index (χ0n) is 17.6. The average Bonchev–Trinajstić information content (AvgIpc) is 3.04. The van der Waals surface area contributed by atoms with Crippen molar-refractivity contribution in [2.45, 2.75) is 35.5 Å². The molecule has 31 heavy (non-hydrogen) atoms. The summed E-state index contributed by atoms with van der Waals surface area (Å²) in [5, 5.41) is 2.66. The number of rotatable bonds is 6. The van der Waals surface area contributed by atoms with Crippen molar-refractivity contribution in [3.8, 4) is 0 Å². The molecule has 0 spiro atoms. The van der Waals surface area contributed by atoms with E-state index in [0.717, 1.165) is 30.0 Å². The molecule has 1 aliphatic heterocycles. The van der Waals surface area contributed by atoms with Gasteiger partial charge in [-0.2, -0.15) is 4.31 Å². The minimum Gasteiger partial charge on any atom is -0.322 e. The van der Waals surface area contributed by atoms with Crippen molar-refractivity contribution in [2.75, 3.05) is 32.5 Å². The van der Waals surface area contributed by atoms with Crippen LogP contribution in [0.5, 0.6) is 0 Å². The molecule has 3 rings (SSSR count). The number of nitrogens with zero attached hydrogens (tertiary/aromatic N) is 2. The maximum absolute atomic E-state index is 12.9. The summed E-state index contributed by atoms with van der Waals surface area (Å²) in [7, 11) is -4.35. The predicted octanol–water partition coefficient (Wildman–Crippen LogP) is 2.75. The van der Waals surface area contributed by atoms with Gasteiger partial charge in [-0.15, -0.1) is 0 Å². The van der Waals surface area contributed by atoms with Crippen LogP contribution in [0.3, 0.4) is 0 Å². The Balaban J connectivity index is 1.75. The third kappa shape index (κ3) is 5.32. The fourth-order valence-corrected chi connectivity index (χ4v) is 5.82. The van der Waals surface area contributed by atoms with Crippen LogP contribution in [-0.2, 0) is 20.0 Å². The molecule has 1 aliphatic rings. The van der Waals surface area contributed by atoms with Crippen molar-refractivity contribution in [2.24, 2.45) is 0 Å². The number of carbonyl (C=O) groups excluding carboxylic acids is 1. The van der Waals surface area contributed by atoms with Gasteiger partial charge in [-0.05, 0) is 55.3 Å². The fraction of sp³-hybridized carbons (Fsp3) is 0.381. The van der Waals surface area contributed by atoms with Crippen molar-refractivity contribution >= 4 is 31.6 Å². The Morgan fingerprint density at radius 3 is 2.06 bits per heavy atom. The number of nitrogens with one attached hydrogen (secondary N) is 1. The van der Waals surface area contributed by atoms with E-state index >= 15 is 0 Å². The first-order valence-corrected chi connectivity index (χ1v) is 12.9. The molecule has 1 saturated heterocycles. The lowest BCUT2D eigenvalue weighted by Crippen LogP contribution is -2.31. The van der Waals surface area contributed by atoms with Crippen LogP contribution in [0.4, 0.5) is 5.69 Å². The number of amides is 1. The Bertz CT molecular complexity index is 1140. The monoisotopic (exact) mass is 465 g/mol. The molecular weight excluding hydrogens is 438 g/mol. The number of carbonyl (C=O) groups is 1. The molecule has 8 nitrogen and oxygen atoms in total. The van der Waals surface area contributed by atoms with Gasteiger partial charge in [-0.1, -0.05) is 18.9 Å². The van der Waals surface area contributed by atoms with Gasteiger partial charge in [0.2, 0.25) is 20.0 Å². The molecule has 1 heterocycles. The number of benzene rings is 2. The van der Waals surface area contributed by atoms with Crippen molar-refractivity contribution < 1.29 is 21.6 Å². The van der Waals surface area contributed by atoms with Crippen LogP contribution in [0.25, 0.3) is 0 Å². The summed E-state index contributed by atoms with van der Waals surface area (Å²) in [5.74, 6) is -0.460. The standard InChI is InChI=1S/C21H27N3O5S2/c1-23(2)30(26,27)20-9-7-8-18(16-20)22-21(25)17-10-12-19(13-11-17)31(28,29)24-14-5-3-4-6-15-24/h7-13,16H,3-6,14-15H2,1-2H3,(H,22,25).